The van der Waals surface area contributed by atoms with E-state index in [4.69, 9.17) is 9.47 Å². The van der Waals surface area contributed by atoms with Crippen LogP contribution in [0.25, 0.3) is 0 Å². The van der Waals surface area contributed by atoms with E-state index in [0.29, 0.717) is 12.1 Å². The van der Waals surface area contributed by atoms with Crippen LogP contribution in [0.2, 0.25) is 0 Å². The molecule has 0 unspecified atom stereocenters. The van der Waals surface area contributed by atoms with Gasteiger partial charge in [-0.05, 0) is 102 Å². The van der Waals surface area contributed by atoms with Crippen LogP contribution in [0.3, 0.4) is 0 Å². The molecule has 2 rings (SSSR count). The fourth-order valence-electron chi connectivity index (χ4n) is 2.90. The summed E-state index contributed by atoms with van der Waals surface area (Å²) in [7, 11) is 0. The molecule has 0 atom stereocenters. The Morgan fingerprint density at radius 3 is 1.25 bits per heavy atom. The van der Waals surface area contributed by atoms with Crippen LogP contribution >= 0.6 is 0 Å². The first-order valence-electron chi connectivity index (χ1n) is 10.5. The molecule has 0 bridgehead atoms. The first kappa shape index (κ1) is 21.9. The van der Waals surface area contributed by atoms with E-state index in [1.165, 1.54) is 0 Å². The highest BCUT2D eigenvalue weighted by Gasteiger charge is 1.99. The molecule has 2 aromatic carbocycles. The van der Waals surface area contributed by atoms with Crippen molar-refractivity contribution in [3.05, 3.63) is 48.5 Å². The summed E-state index contributed by atoms with van der Waals surface area (Å²) in [5, 5.41) is 6.76. The Kier molecular flexibility index (Phi) is 9.53. The third-order valence-electron chi connectivity index (χ3n) is 4.20. The van der Waals surface area contributed by atoms with Crippen LogP contribution in [-0.4, -0.2) is 25.3 Å². The van der Waals surface area contributed by atoms with E-state index in [1.807, 2.05) is 24.3 Å². The normalized spacial score (nSPS) is 10.9. The summed E-state index contributed by atoms with van der Waals surface area (Å²) in [6.45, 7) is 10.1. The zero-order valence-corrected chi connectivity index (χ0v) is 17.8. The predicted octanol–water partition coefficient (Wildman–Crippen LogP) is 6.35. The van der Waals surface area contributed by atoms with Gasteiger partial charge in [0, 0.05) is 23.5 Å². The van der Waals surface area contributed by atoms with Crippen molar-refractivity contribution in [2.45, 2.75) is 65.5 Å². The number of anilines is 2. The van der Waals surface area contributed by atoms with Crippen LogP contribution in [0.5, 0.6) is 11.5 Å². The number of hydrogen-bond donors (Lipinski definition) is 2. The Labute approximate surface area is 170 Å². The van der Waals surface area contributed by atoms with Gasteiger partial charge in [-0.1, -0.05) is 0 Å². The number of nitrogens with one attached hydrogen (secondary N) is 2. The number of unbranched alkanes of at least 4 members (excludes halogenated alkanes) is 3. The minimum Gasteiger partial charge on any atom is -0.494 e. The maximum absolute atomic E-state index is 5.82. The summed E-state index contributed by atoms with van der Waals surface area (Å²) in [6, 6.07) is 17.3. The summed E-state index contributed by atoms with van der Waals surface area (Å²) in [5.41, 5.74) is 2.27. The molecule has 0 aliphatic carbocycles. The second-order valence-electron chi connectivity index (χ2n) is 7.76. The van der Waals surface area contributed by atoms with Crippen LogP contribution in [0.15, 0.2) is 48.5 Å². The minimum absolute atomic E-state index is 0.442. The van der Waals surface area contributed by atoms with E-state index in [2.05, 4.69) is 62.6 Å². The predicted molar refractivity (Wildman–Crippen MR) is 120 cm³/mol. The molecule has 0 aliphatic heterocycles. The number of benzene rings is 2. The number of ether oxygens (including phenoxy) is 2. The highest BCUT2D eigenvalue weighted by atomic mass is 16.5. The first-order valence-corrected chi connectivity index (χ1v) is 10.5. The lowest BCUT2D eigenvalue weighted by atomic mass is 10.2. The summed E-state index contributed by atoms with van der Waals surface area (Å²) in [6.07, 6.45) is 4.46. The van der Waals surface area contributed by atoms with Crippen molar-refractivity contribution in [3.8, 4) is 11.5 Å². The van der Waals surface area contributed by atoms with E-state index in [0.717, 1.165) is 61.8 Å². The van der Waals surface area contributed by atoms with Crippen molar-refractivity contribution in [1.29, 1.82) is 0 Å². The average Bonchev–Trinajstić information content (AvgIpc) is 2.65. The molecule has 0 aromatic heterocycles. The molecular weight excluding hydrogens is 348 g/mol. The smallest absolute Gasteiger partial charge is 0.119 e. The fraction of sp³-hybridized carbons (Fsp3) is 0.500. The largest absolute Gasteiger partial charge is 0.494 e. The lowest BCUT2D eigenvalue weighted by Crippen LogP contribution is -2.09. The van der Waals surface area contributed by atoms with Crippen LogP contribution in [0.4, 0.5) is 11.4 Å². The summed E-state index contributed by atoms with van der Waals surface area (Å²) in [4.78, 5) is 0. The maximum atomic E-state index is 5.82. The fourth-order valence-corrected chi connectivity index (χ4v) is 2.90. The van der Waals surface area contributed by atoms with Gasteiger partial charge < -0.3 is 20.1 Å². The molecule has 0 saturated carbocycles. The molecule has 0 amide bonds. The Morgan fingerprint density at radius 1 is 0.571 bits per heavy atom. The molecule has 0 fully saturated rings. The molecular formula is C24H36N2O2. The minimum atomic E-state index is 0.442. The van der Waals surface area contributed by atoms with Crippen molar-refractivity contribution < 1.29 is 9.47 Å². The molecule has 2 aromatic rings. The zero-order valence-electron chi connectivity index (χ0n) is 17.8. The number of hydrogen-bond acceptors (Lipinski definition) is 4. The van der Waals surface area contributed by atoms with Crippen molar-refractivity contribution in [1.82, 2.24) is 0 Å². The van der Waals surface area contributed by atoms with Crippen molar-refractivity contribution in [2.24, 2.45) is 0 Å². The van der Waals surface area contributed by atoms with Gasteiger partial charge in [0.1, 0.15) is 11.5 Å². The summed E-state index contributed by atoms with van der Waals surface area (Å²) < 4.78 is 11.6. The van der Waals surface area contributed by atoms with Crippen molar-refractivity contribution in [2.75, 3.05) is 23.8 Å². The quantitative estimate of drug-likeness (QED) is 0.395. The molecule has 0 radical (unpaired) electrons. The molecule has 0 aliphatic rings. The highest BCUT2D eigenvalue weighted by Crippen LogP contribution is 2.18. The maximum Gasteiger partial charge on any atom is 0.119 e. The van der Waals surface area contributed by atoms with Gasteiger partial charge in [0.05, 0.1) is 13.2 Å². The molecule has 0 saturated heterocycles. The van der Waals surface area contributed by atoms with Gasteiger partial charge in [0.15, 0.2) is 0 Å². The highest BCUT2D eigenvalue weighted by molar-refractivity contribution is 5.47. The third-order valence-corrected chi connectivity index (χ3v) is 4.20. The van der Waals surface area contributed by atoms with Crippen LogP contribution in [-0.2, 0) is 0 Å². The van der Waals surface area contributed by atoms with E-state index in [-0.39, 0.29) is 0 Å². The van der Waals surface area contributed by atoms with Crippen LogP contribution in [0, 0.1) is 0 Å². The van der Waals surface area contributed by atoms with Gasteiger partial charge in [-0.15, -0.1) is 0 Å². The Hall–Kier alpha value is -2.36. The van der Waals surface area contributed by atoms with Crippen LogP contribution in [0.1, 0.15) is 53.4 Å². The van der Waals surface area contributed by atoms with Gasteiger partial charge in [-0.3, -0.25) is 0 Å². The van der Waals surface area contributed by atoms with Crippen molar-refractivity contribution in [3.63, 3.8) is 0 Å². The second kappa shape index (κ2) is 12.2. The van der Waals surface area contributed by atoms with Gasteiger partial charge in [0.2, 0.25) is 0 Å². The Bertz CT molecular complexity index is 592. The topological polar surface area (TPSA) is 42.5 Å². The van der Waals surface area contributed by atoms with Gasteiger partial charge >= 0.3 is 0 Å². The van der Waals surface area contributed by atoms with E-state index >= 15 is 0 Å². The SMILES string of the molecule is CC(C)Nc1ccc(OCCCCCCOc2ccc(NC(C)C)cc2)cc1. The zero-order chi connectivity index (χ0) is 20.2. The van der Waals surface area contributed by atoms with Gasteiger partial charge in [-0.2, -0.15) is 0 Å². The van der Waals surface area contributed by atoms with Gasteiger partial charge in [-0.25, -0.2) is 0 Å². The first-order chi connectivity index (χ1) is 13.5. The van der Waals surface area contributed by atoms with E-state index in [9.17, 15) is 0 Å². The monoisotopic (exact) mass is 384 g/mol. The average molecular weight is 385 g/mol. The van der Waals surface area contributed by atoms with E-state index in [1.54, 1.807) is 0 Å². The summed E-state index contributed by atoms with van der Waals surface area (Å²) >= 11 is 0. The van der Waals surface area contributed by atoms with Crippen molar-refractivity contribution >= 4 is 11.4 Å². The summed E-state index contributed by atoms with van der Waals surface area (Å²) in [5.74, 6) is 1.88. The lowest BCUT2D eigenvalue weighted by molar-refractivity contribution is 0.287. The van der Waals surface area contributed by atoms with Gasteiger partial charge in [0.25, 0.3) is 0 Å². The Balaban J connectivity index is 1.50. The second-order valence-corrected chi connectivity index (χ2v) is 7.76. The molecule has 2 N–H and O–H groups in total. The molecule has 4 nitrogen and oxygen atoms in total. The molecule has 0 heterocycles. The number of rotatable bonds is 13. The molecule has 0 spiro atoms. The third kappa shape index (κ3) is 9.03. The lowest BCUT2D eigenvalue weighted by Gasteiger charge is -2.11. The van der Waals surface area contributed by atoms with Crippen LogP contribution < -0.4 is 20.1 Å². The molecule has 4 heteroatoms. The molecule has 28 heavy (non-hydrogen) atoms. The standard InChI is InChI=1S/C24H36N2O2/c1-19(2)25-21-9-13-23(14-10-21)27-17-7-5-6-8-18-28-24-15-11-22(12-16-24)26-20(3)4/h9-16,19-20,25-26H,5-8,17-18H2,1-4H3. The molecule has 154 valence electrons. The Morgan fingerprint density at radius 2 is 0.929 bits per heavy atom. The van der Waals surface area contributed by atoms with E-state index < -0.39 is 0 Å².